The molecule has 1 fully saturated rings. The van der Waals surface area contributed by atoms with Crippen molar-refractivity contribution < 1.29 is 4.79 Å². The number of nitrogens with zero attached hydrogens (tertiary/aromatic N) is 5. The standard InChI is InChI=1S/C14H17ClN6O/c1-10-8-20(7-6-16-10)13(22)9-21-18-14(17-19-21)11-2-4-12(15)5-3-11/h2-5,10,16H,6-9H2,1H3. The van der Waals surface area contributed by atoms with Crippen LogP contribution >= 0.6 is 11.6 Å². The van der Waals surface area contributed by atoms with Gasteiger partial charge in [-0.2, -0.15) is 4.80 Å². The number of piperazine rings is 1. The van der Waals surface area contributed by atoms with Crippen molar-refractivity contribution in [1.29, 1.82) is 0 Å². The molecule has 1 aromatic carbocycles. The zero-order valence-electron chi connectivity index (χ0n) is 12.2. The summed E-state index contributed by atoms with van der Waals surface area (Å²) in [6.07, 6.45) is 0. The van der Waals surface area contributed by atoms with E-state index in [1.165, 1.54) is 4.80 Å². The van der Waals surface area contributed by atoms with Crippen molar-refractivity contribution in [2.24, 2.45) is 0 Å². The summed E-state index contributed by atoms with van der Waals surface area (Å²) in [5.74, 6) is 0.492. The van der Waals surface area contributed by atoms with Gasteiger partial charge in [0, 0.05) is 36.3 Å². The molecule has 3 rings (SSSR count). The van der Waals surface area contributed by atoms with Gasteiger partial charge in [-0.15, -0.1) is 10.2 Å². The van der Waals surface area contributed by atoms with E-state index in [9.17, 15) is 4.79 Å². The van der Waals surface area contributed by atoms with Crippen LogP contribution in [0.5, 0.6) is 0 Å². The van der Waals surface area contributed by atoms with Crippen molar-refractivity contribution >= 4 is 17.5 Å². The SMILES string of the molecule is CC1CN(C(=O)Cn2nnc(-c3ccc(Cl)cc3)n2)CCN1. The highest BCUT2D eigenvalue weighted by Crippen LogP contribution is 2.16. The number of carbonyl (C=O) groups is 1. The topological polar surface area (TPSA) is 75.9 Å². The molecule has 1 N–H and O–H groups in total. The average molecular weight is 321 g/mol. The summed E-state index contributed by atoms with van der Waals surface area (Å²) >= 11 is 5.85. The van der Waals surface area contributed by atoms with Crippen LogP contribution in [0.3, 0.4) is 0 Å². The van der Waals surface area contributed by atoms with Crippen LogP contribution in [0.1, 0.15) is 6.92 Å². The zero-order chi connectivity index (χ0) is 15.5. The van der Waals surface area contributed by atoms with Crippen molar-refractivity contribution in [2.45, 2.75) is 19.5 Å². The van der Waals surface area contributed by atoms with Crippen LogP contribution in [0.2, 0.25) is 5.02 Å². The third kappa shape index (κ3) is 3.42. The molecule has 1 aromatic heterocycles. The minimum atomic E-state index is 0.00778. The summed E-state index contributed by atoms with van der Waals surface area (Å²) in [5, 5.41) is 16.1. The van der Waals surface area contributed by atoms with E-state index in [1.54, 1.807) is 12.1 Å². The molecule has 0 spiro atoms. The molecular formula is C14H17ClN6O. The molecule has 0 bridgehead atoms. The molecule has 1 aliphatic heterocycles. The third-order valence-corrected chi connectivity index (χ3v) is 3.81. The Morgan fingerprint density at radius 1 is 1.41 bits per heavy atom. The fourth-order valence-electron chi connectivity index (χ4n) is 2.40. The molecule has 7 nitrogen and oxygen atoms in total. The summed E-state index contributed by atoms with van der Waals surface area (Å²) in [6.45, 7) is 4.40. The van der Waals surface area contributed by atoms with Crippen molar-refractivity contribution in [3.8, 4) is 11.4 Å². The van der Waals surface area contributed by atoms with Crippen molar-refractivity contribution in [3.05, 3.63) is 29.3 Å². The molecule has 1 aliphatic rings. The molecule has 1 saturated heterocycles. The van der Waals surface area contributed by atoms with Gasteiger partial charge in [-0.05, 0) is 36.4 Å². The number of hydrogen-bond acceptors (Lipinski definition) is 5. The molecule has 116 valence electrons. The van der Waals surface area contributed by atoms with Gasteiger partial charge in [0.25, 0.3) is 0 Å². The van der Waals surface area contributed by atoms with Crippen molar-refractivity contribution in [2.75, 3.05) is 19.6 Å². The molecule has 22 heavy (non-hydrogen) atoms. The minimum Gasteiger partial charge on any atom is -0.338 e. The number of rotatable bonds is 3. The first-order chi connectivity index (χ1) is 10.6. The number of aromatic nitrogens is 4. The maximum atomic E-state index is 12.3. The minimum absolute atomic E-state index is 0.00778. The fourth-order valence-corrected chi connectivity index (χ4v) is 2.53. The van der Waals surface area contributed by atoms with Gasteiger partial charge in [-0.1, -0.05) is 11.6 Å². The lowest BCUT2D eigenvalue weighted by atomic mass is 10.2. The lowest BCUT2D eigenvalue weighted by Crippen LogP contribution is -2.52. The smallest absolute Gasteiger partial charge is 0.246 e. The second-order valence-electron chi connectivity index (χ2n) is 5.35. The van der Waals surface area contributed by atoms with Crippen LogP contribution in [0.15, 0.2) is 24.3 Å². The Morgan fingerprint density at radius 3 is 2.91 bits per heavy atom. The van der Waals surface area contributed by atoms with Gasteiger partial charge in [0.15, 0.2) is 0 Å². The highest BCUT2D eigenvalue weighted by Gasteiger charge is 2.21. The second-order valence-corrected chi connectivity index (χ2v) is 5.78. The summed E-state index contributed by atoms with van der Waals surface area (Å²) in [4.78, 5) is 15.4. The first-order valence-electron chi connectivity index (χ1n) is 7.17. The van der Waals surface area contributed by atoms with E-state index in [1.807, 2.05) is 17.0 Å². The molecular weight excluding hydrogens is 304 g/mol. The molecule has 1 atom stereocenters. The molecule has 1 unspecified atom stereocenters. The number of amides is 1. The summed E-state index contributed by atoms with van der Waals surface area (Å²) < 4.78 is 0. The van der Waals surface area contributed by atoms with E-state index in [4.69, 9.17) is 11.6 Å². The van der Waals surface area contributed by atoms with Gasteiger partial charge in [0.2, 0.25) is 11.7 Å². The first-order valence-corrected chi connectivity index (χ1v) is 7.54. The average Bonchev–Trinajstić information content (AvgIpc) is 2.96. The lowest BCUT2D eigenvalue weighted by Gasteiger charge is -2.31. The lowest BCUT2D eigenvalue weighted by molar-refractivity contribution is -0.133. The van der Waals surface area contributed by atoms with Gasteiger partial charge in [0.1, 0.15) is 6.54 Å². The molecule has 8 heteroatoms. The molecule has 0 radical (unpaired) electrons. The van der Waals surface area contributed by atoms with E-state index in [0.29, 0.717) is 30.0 Å². The Kier molecular flexibility index (Phi) is 4.35. The summed E-state index contributed by atoms with van der Waals surface area (Å²) in [5.41, 5.74) is 0.818. The molecule has 1 amide bonds. The second kappa shape index (κ2) is 6.41. The Morgan fingerprint density at radius 2 is 2.18 bits per heavy atom. The number of hydrogen-bond donors (Lipinski definition) is 1. The fraction of sp³-hybridized carbons (Fsp3) is 0.429. The molecule has 2 heterocycles. The van der Waals surface area contributed by atoms with Crippen LogP contribution in [0.25, 0.3) is 11.4 Å². The first kappa shape index (κ1) is 14.9. The van der Waals surface area contributed by atoms with Gasteiger partial charge < -0.3 is 10.2 Å². The van der Waals surface area contributed by atoms with Gasteiger partial charge in [-0.25, -0.2) is 0 Å². The van der Waals surface area contributed by atoms with Gasteiger partial charge in [0.05, 0.1) is 0 Å². The third-order valence-electron chi connectivity index (χ3n) is 3.55. The molecule has 0 aliphatic carbocycles. The Balaban J connectivity index is 1.66. The van der Waals surface area contributed by atoms with Gasteiger partial charge >= 0.3 is 0 Å². The number of tetrazole rings is 1. The van der Waals surface area contributed by atoms with Crippen molar-refractivity contribution in [3.63, 3.8) is 0 Å². The van der Waals surface area contributed by atoms with Crippen LogP contribution in [0.4, 0.5) is 0 Å². The van der Waals surface area contributed by atoms with Gasteiger partial charge in [-0.3, -0.25) is 4.79 Å². The summed E-state index contributed by atoms with van der Waals surface area (Å²) in [6, 6.07) is 7.49. The maximum absolute atomic E-state index is 12.3. The predicted molar refractivity (Wildman–Crippen MR) is 82.3 cm³/mol. The van der Waals surface area contributed by atoms with Crippen LogP contribution in [-0.2, 0) is 11.3 Å². The highest BCUT2D eigenvalue weighted by atomic mass is 35.5. The Labute approximate surface area is 133 Å². The van der Waals surface area contributed by atoms with E-state index < -0.39 is 0 Å². The number of benzene rings is 1. The van der Waals surface area contributed by atoms with E-state index in [2.05, 4.69) is 27.7 Å². The zero-order valence-corrected chi connectivity index (χ0v) is 13.0. The summed E-state index contributed by atoms with van der Waals surface area (Å²) in [7, 11) is 0. The Hall–Kier alpha value is -1.99. The van der Waals surface area contributed by atoms with Crippen LogP contribution < -0.4 is 5.32 Å². The number of carbonyl (C=O) groups excluding carboxylic acids is 1. The quantitative estimate of drug-likeness (QED) is 0.906. The number of nitrogens with one attached hydrogen (secondary N) is 1. The largest absolute Gasteiger partial charge is 0.338 e. The molecule has 0 saturated carbocycles. The van der Waals surface area contributed by atoms with Crippen LogP contribution in [0, 0.1) is 0 Å². The monoisotopic (exact) mass is 320 g/mol. The maximum Gasteiger partial charge on any atom is 0.246 e. The van der Waals surface area contributed by atoms with Crippen LogP contribution in [-0.4, -0.2) is 56.7 Å². The van der Waals surface area contributed by atoms with Crippen molar-refractivity contribution in [1.82, 2.24) is 30.4 Å². The van der Waals surface area contributed by atoms with E-state index >= 15 is 0 Å². The molecule has 2 aromatic rings. The predicted octanol–water partition coefficient (Wildman–Crippen LogP) is 0.814. The number of halogens is 1. The highest BCUT2D eigenvalue weighted by molar-refractivity contribution is 6.30. The van der Waals surface area contributed by atoms with E-state index in [0.717, 1.165) is 12.1 Å². The Bertz CT molecular complexity index is 656. The van der Waals surface area contributed by atoms with E-state index in [-0.39, 0.29) is 12.5 Å². The normalized spacial score (nSPS) is 18.5.